The highest BCUT2D eigenvalue weighted by molar-refractivity contribution is 6.35. The molecule has 2 amide bonds. The summed E-state index contributed by atoms with van der Waals surface area (Å²) in [7, 11) is 0. The lowest BCUT2D eigenvalue weighted by Crippen LogP contribution is -2.41. The summed E-state index contributed by atoms with van der Waals surface area (Å²) in [6, 6.07) is 4.87. The van der Waals surface area contributed by atoms with Crippen molar-refractivity contribution >= 4 is 35.2 Å². The van der Waals surface area contributed by atoms with Crippen molar-refractivity contribution in [3.8, 4) is 0 Å². The van der Waals surface area contributed by atoms with E-state index in [1.165, 1.54) is 4.90 Å². The molecule has 7 heteroatoms. The average molecular weight is 343 g/mol. The molecule has 0 radical (unpaired) electrons. The van der Waals surface area contributed by atoms with Crippen molar-refractivity contribution in [3.05, 3.63) is 33.8 Å². The van der Waals surface area contributed by atoms with Crippen LogP contribution in [0.15, 0.2) is 18.2 Å². The van der Waals surface area contributed by atoms with Gasteiger partial charge in [0, 0.05) is 34.7 Å². The number of benzene rings is 1. The quantitative estimate of drug-likeness (QED) is 0.866. The van der Waals surface area contributed by atoms with Gasteiger partial charge >= 0.3 is 6.09 Å². The van der Waals surface area contributed by atoms with Gasteiger partial charge in [-0.15, -0.1) is 0 Å². The first-order chi connectivity index (χ1) is 10.4. The molecular weight excluding hydrogens is 327 g/mol. The Bertz CT molecular complexity index is 607. The van der Waals surface area contributed by atoms with Gasteiger partial charge in [0.25, 0.3) is 5.91 Å². The summed E-state index contributed by atoms with van der Waals surface area (Å²) in [6.07, 6.45) is 1.62. The van der Waals surface area contributed by atoms with E-state index in [-0.39, 0.29) is 17.4 Å². The fourth-order valence-electron chi connectivity index (χ4n) is 3.17. The molecule has 1 aromatic rings. The van der Waals surface area contributed by atoms with Crippen molar-refractivity contribution in [2.24, 2.45) is 5.41 Å². The van der Waals surface area contributed by atoms with E-state index in [9.17, 15) is 9.59 Å². The molecule has 22 heavy (non-hydrogen) atoms. The molecule has 2 aliphatic rings. The van der Waals surface area contributed by atoms with E-state index in [1.54, 1.807) is 18.2 Å². The molecule has 1 heterocycles. The molecule has 1 aromatic carbocycles. The second-order valence-corrected chi connectivity index (χ2v) is 6.89. The van der Waals surface area contributed by atoms with Gasteiger partial charge < -0.3 is 15.3 Å². The minimum absolute atomic E-state index is 0.0595. The molecule has 2 fully saturated rings. The van der Waals surface area contributed by atoms with E-state index in [1.807, 2.05) is 0 Å². The van der Waals surface area contributed by atoms with Gasteiger partial charge in [-0.2, -0.15) is 0 Å². The fourth-order valence-corrected chi connectivity index (χ4v) is 3.70. The van der Waals surface area contributed by atoms with E-state index in [2.05, 4.69) is 5.32 Å². The number of halogens is 2. The molecule has 1 saturated heterocycles. The third kappa shape index (κ3) is 3.01. The molecule has 0 bridgehead atoms. The Morgan fingerprint density at radius 3 is 2.32 bits per heavy atom. The van der Waals surface area contributed by atoms with Gasteiger partial charge in [-0.05, 0) is 42.9 Å². The third-order valence-corrected chi connectivity index (χ3v) is 5.09. The summed E-state index contributed by atoms with van der Waals surface area (Å²) in [5, 5.41) is 12.8. The highest BCUT2D eigenvalue weighted by atomic mass is 35.5. The standard InChI is InChI=1S/C15H16Cl2N2O3/c16-10-5-9(6-11(17)7-10)13(20)18-12-8-15(12)1-3-19(4-2-15)14(21)22/h5-7,12H,1-4,8H2,(H,18,20)(H,21,22). The highest BCUT2D eigenvalue weighted by Gasteiger charge is 2.56. The van der Waals surface area contributed by atoms with Crippen molar-refractivity contribution in [1.29, 1.82) is 0 Å². The van der Waals surface area contributed by atoms with E-state index < -0.39 is 6.09 Å². The molecular formula is C15H16Cl2N2O3. The van der Waals surface area contributed by atoms with Crippen LogP contribution in [0.5, 0.6) is 0 Å². The molecule has 118 valence electrons. The largest absolute Gasteiger partial charge is 0.465 e. The lowest BCUT2D eigenvalue weighted by molar-refractivity contribution is 0.0927. The first-order valence-electron chi connectivity index (χ1n) is 7.14. The third-order valence-electron chi connectivity index (χ3n) is 4.65. The Labute approximate surface area is 138 Å². The average Bonchev–Trinajstić information content (AvgIpc) is 3.09. The zero-order valence-electron chi connectivity index (χ0n) is 11.8. The Morgan fingerprint density at radius 2 is 1.77 bits per heavy atom. The Balaban J connectivity index is 1.59. The van der Waals surface area contributed by atoms with Gasteiger partial charge in [-0.1, -0.05) is 23.2 Å². The molecule has 1 spiro atoms. The number of amides is 2. The number of hydrogen-bond acceptors (Lipinski definition) is 2. The second kappa shape index (κ2) is 5.63. The van der Waals surface area contributed by atoms with Crippen molar-refractivity contribution < 1.29 is 14.7 Å². The first-order valence-corrected chi connectivity index (χ1v) is 7.90. The van der Waals surface area contributed by atoms with Gasteiger partial charge in [0.15, 0.2) is 0 Å². The van der Waals surface area contributed by atoms with E-state index in [4.69, 9.17) is 28.3 Å². The first kappa shape index (κ1) is 15.4. The van der Waals surface area contributed by atoms with Gasteiger partial charge in [0.05, 0.1) is 0 Å². The second-order valence-electron chi connectivity index (χ2n) is 6.02. The normalized spacial score (nSPS) is 22.5. The van der Waals surface area contributed by atoms with E-state index in [0.29, 0.717) is 28.7 Å². The van der Waals surface area contributed by atoms with Crippen LogP contribution in [0.4, 0.5) is 4.79 Å². The Hall–Kier alpha value is -1.46. The molecule has 0 aromatic heterocycles. The molecule has 2 N–H and O–H groups in total. The van der Waals surface area contributed by atoms with Crippen LogP contribution in [0.1, 0.15) is 29.6 Å². The van der Waals surface area contributed by atoms with Gasteiger partial charge in [-0.3, -0.25) is 4.79 Å². The summed E-state index contributed by atoms with van der Waals surface area (Å²) in [6.45, 7) is 1.06. The summed E-state index contributed by atoms with van der Waals surface area (Å²) in [5.41, 5.74) is 0.506. The summed E-state index contributed by atoms with van der Waals surface area (Å²) >= 11 is 11.8. The fraction of sp³-hybridized carbons (Fsp3) is 0.467. The maximum atomic E-state index is 12.3. The number of carbonyl (C=O) groups is 2. The van der Waals surface area contributed by atoms with Crippen LogP contribution in [0, 0.1) is 5.41 Å². The lowest BCUT2D eigenvalue weighted by Gasteiger charge is -2.30. The molecule has 1 aliphatic heterocycles. The Kier molecular flexibility index (Phi) is 3.95. The molecule has 1 aliphatic carbocycles. The monoisotopic (exact) mass is 342 g/mol. The van der Waals surface area contributed by atoms with Crippen molar-refractivity contribution in [2.45, 2.75) is 25.3 Å². The molecule has 1 unspecified atom stereocenters. The van der Waals surface area contributed by atoms with Crippen LogP contribution in [-0.4, -0.2) is 41.1 Å². The minimum atomic E-state index is -0.871. The number of nitrogens with one attached hydrogen (secondary N) is 1. The Morgan fingerprint density at radius 1 is 1.18 bits per heavy atom. The van der Waals surface area contributed by atoms with Gasteiger partial charge in [0.2, 0.25) is 0 Å². The van der Waals surface area contributed by atoms with Crippen LogP contribution in [0.3, 0.4) is 0 Å². The highest BCUT2D eigenvalue weighted by Crippen LogP contribution is 2.53. The number of piperidine rings is 1. The summed E-state index contributed by atoms with van der Waals surface area (Å²) in [4.78, 5) is 24.6. The zero-order valence-corrected chi connectivity index (χ0v) is 13.3. The van der Waals surface area contributed by atoms with Crippen LogP contribution in [0.25, 0.3) is 0 Å². The molecule has 3 rings (SSSR count). The topological polar surface area (TPSA) is 69.6 Å². The number of likely N-dealkylation sites (tertiary alicyclic amines) is 1. The smallest absolute Gasteiger partial charge is 0.407 e. The maximum Gasteiger partial charge on any atom is 0.407 e. The van der Waals surface area contributed by atoms with Crippen LogP contribution in [-0.2, 0) is 0 Å². The van der Waals surface area contributed by atoms with Crippen molar-refractivity contribution in [3.63, 3.8) is 0 Å². The van der Waals surface area contributed by atoms with Crippen molar-refractivity contribution in [2.75, 3.05) is 13.1 Å². The SMILES string of the molecule is O=C(NC1CC12CCN(C(=O)O)CC2)c1cc(Cl)cc(Cl)c1. The zero-order chi connectivity index (χ0) is 15.9. The number of rotatable bonds is 2. The molecule has 1 atom stereocenters. The summed E-state index contributed by atoms with van der Waals surface area (Å²) < 4.78 is 0. The van der Waals surface area contributed by atoms with Crippen molar-refractivity contribution in [1.82, 2.24) is 10.2 Å². The maximum absolute atomic E-state index is 12.3. The number of carbonyl (C=O) groups excluding carboxylic acids is 1. The van der Waals surface area contributed by atoms with E-state index in [0.717, 1.165) is 19.3 Å². The predicted octanol–water partition coefficient (Wildman–Crippen LogP) is 3.26. The number of nitrogens with zero attached hydrogens (tertiary/aromatic N) is 1. The number of carboxylic acid groups (broad SMARTS) is 1. The van der Waals surface area contributed by atoms with Crippen LogP contribution < -0.4 is 5.32 Å². The minimum Gasteiger partial charge on any atom is -0.465 e. The van der Waals surface area contributed by atoms with Crippen LogP contribution in [0.2, 0.25) is 10.0 Å². The van der Waals surface area contributed by atoms with Gasteiger partial charge in [-0.25, -0.2) is 4.79 Å². The van der Waals surface area contributed by atoms with Crippen LogP contribution >= 0.6 is 23.2 Å². The van der Waals surface area contributed by atoms with Gasteiger partial charge in [0.1, 0.15) is 0 Å². The lowest BCUT2D eigenvalue weighted by atomic mass is 9.93. The molecule has 5 nitrogen and oxygen atoms in total. The number of hydrogen-bond donors (Lipinski definition) is 2. The predicted molar refractivity (Wildman–Crippen MR) is 83.6 cm³/mol. The van der Waals surface area contributed by atoms with E-state index >= 15 is 0 Å². The summed E-state index contributed by atoms with van der Waals surface area (Å²) in [5.74, 6) is -0.188. The molecule has 1 saturated carbocycles.